The molecule has 0 atom stereocenters. The third-order valence-electron chi connectivity index (χ3n) is 3.31. The van der Waals surface area contributed by atoms with Gasteiger partial charge in [0.25, 0.3) is 11.8 Å². The van der Waals surface area contributed by atoms with Crippen LogP contribution < -0.4 is 10.6 Å². The van der Waals surface area contributed by atoms with E-state index in [2.05, 4.69) is 5.10 Å². The number of alkyl halides is 2. The molecule has 1 amide bonds. The Morgan fingerprint density at radius 2 is 2.26 bits per heavy atom. The summed E-state index contributed by atoms with van der Waals surface area (Å²) < 4.78 is 27.9. The number of anilines is 1. The van der Waals surface area contributed by atoms with Gasteiger partial charge in [-0.05, 0) is 12.1 Å². The second kappa shape index (κ2) is 3.91. The van der Waals surface area contributed by atoms with Crippen molar-refractivity contribution in [2.24, 2.45) is 5.73 Å². The van der Waals surface area contributed by atoms with E-state index in [1.54, 1.807) is 23.2 Å². The molecule has 1 fully saturated rings. The van der Waals surface area contributed by atoms with Gasteiger partial charge < -0.3 is 10.6 Å². The highest BCUT2D eigenvalue weighted by atomic mass is 19.3. The molecule has 3 rings (SSSR count). The number of rotatable bonds is 2. The van der Waals surface area contributed by atoms with E-state index in [0.29, 0.717) is 17.7 Å². The third kappa shape index (κ3) is 2.00. The Morgan fingerprint density at radius 3 is 2.89 bits per heavy atom. The van der Waals surface area contributed by atoms with Crippen molar-refractivity contribution in [3.05, 3.63) is 30.1 Å². The highest BCUT2D eigenvalue weighted by Gasteiger charge is 2.38. The summed E-state index contributed by atoms with van der Waals surface area (Å²) in [5.74, 6) is -3.24. The summed E-state index contributed by atoms with van der Waals surface area (Å²) in [5.41, 5.74) is 6.70. The first kappa shape index (κ1) is 11.9. The van der Waals surface area contributed by atoms with E-state index < -0.39 is 11.8 Å². The molecule has 2 aromatic rings. The molecule has 3 heterocycles. The third-order valence-corrected chi connectivity index (χ3v) is 3.31. The van der Waals surface area contributed by atoms with Crippen LogP contribution in [-0.4, -0.2) is 34.5 Å². The number of nitrogens with zero attached hydrogens (tertiary/aromatic N) is 3. The Kier molecular flexibility index (Phi) is 2.44. The molecular formula is C12H12F2N4O. The van der Waals surface area contributed by atoms with Crippen LogP contribution in [0, 0.1) is 0 Å². The number of primary amides is 1. The Hall–Kier alpha value is -2.18. The van der Waals surface area contributed by atoms with Gasteiger partial charge in [-0.1, -0.05) is 0 Å². The number of amides is 1. The molecule has 7 heteroatoms. The molecule has 100 valence electrons. The van der Waals surface area contributed by atoms with E-state index in [0.717, 1.165) is 0 Å². The monoisotopic (exact) mass is 266 g/mol. The fourth-order valence-corrected chi connectivity index (χ4v) is 2.31. The highest BCUT2D eigenvalue weighted by molar-refractivity contribution is 5.99. The van der Waals surface area contributed by atoms with Crippen molar-refractivity contribution in [1.29, 1.82) is 0 Å². The largest absolute Gasteiger partial charge is 0.365 e. The molecule has 0 aliphatic carbocycles. The maximum atomic E-state index is 13.2. The van der Waals surface area contributed by atoms with Gasteiger partial charge in [-0.15, -0.1) is 0 Å². The zero-order chi connectivity index (χ0) is 13.6. The lowest BCUT2D eigenvalue weighted by molar-refractivity contribution is 0.0257. The van der Waals surface area contributed by atoms with Crippen LogP contribution in [0.25, 0.3) is 5.52 Å². The molecule has 1 aliphatic heterocycles. The number of pyridine rings is 1. The first-order valence-electron chi connectivity index (χ1n) is 5.86. The molecule has 2 aromatic heterocycles. The minimum absolute atomic E-state index is 0.153. The van der Waals surface area contributed by atoms with E-state index in [1.807, 2.05) is 0 Å². The van der Waals surface area contributed by atoms with Gasteiger partial charge in [0, 0.05) is 24.8 Å². The van der Waals surface area contributed by atoms with Crippen LogP contribution in [0.4, 0.5) is 14.5 Å². The fourth-order valence-electron chi connectivity index (χ4n) is 2.31. The van der Waals surface area contributed by atoms with Crippen LogP contribution in [0.15, 0.2) is 24.5 Å². The van der Waals surface area contributed by atoms with Gasteiger partial charge in [-0.2, -0.15) is 5.10 Å². The Labute approximate surface area is 107 Å². The smallest absolute Gasteiger partial charge is 0.266 e. The predicted octanol–water partition coefficient (Wildman–Crippen LogP) is 1.28. The van der Waals surface area contributed by atoms with Gasteiger partial charge in [-0.25, -0.2) is 13.3 Å². The number of carbonyl (C=O) groups excluding carboxylic acids is 1. The molecule has 0 bridgehead atoms. The van der Waals surface area contributed by atoms with E-state index >= 15 is 0 Å². The molecule has 0 radical (unpaired) electrons. The normalized spacial score (nSPS) is 18.1. The molecule has 2 N–H and O–H groups in total. The lowest BCUT2D eigenvalue weighted by Gasteiger charge is -2.18. The topological polar surface area (TPSA) is 63.6 Å². The minimum atomic E-state index is -2.65. The molecule has 0 unspecified atom stereocenters. The lowest BCUT2D eigenvalue weighted by atomic mass is 10.2. The Balaban J connectivity index is 2.01. The summed E-state index contributed by atoms with van der Waals surface area (Å²) in [6.45, 7) is -0.00751. The number of hydrogen-bond acceptors (Lipinski definition) is 3. The van der Waals surface area contributed by atoms with Gasteiger partial charge >= 0.3 is 0 Å². The summed E-state index contributed by atoms with van der Waals surface area (Å²) in [5, 5.41) is 3.99. The molecule has 0 saturated carbocycles. The summed E-state index contributed by atoms with van der Waals surface area (Å²) in [6.07, 6.45) is 2.85. The SMILES string of the molecule is NC(=O)c1cnn2ccc(N3CCC(F)(F)C3)cc12. The van der Waals surface area contributed by atoms with Crippen LogP contribution in [0.5, 0.6) is 0 Å². The summed E-state index contributed by atoms with van der Waals surface area (Å²) in [6, 6.07) is 3.36. The number of hydrogen-bond donors (Lipinski definition) is 1. The van der Waals surface area contributed by atoms with Crippen molar-refractivity contribution < 1.29 is 13.6 Å². The second-order valence-corrected chi connectivity index (χ2v) is 4.66. The number of aromatic nitrogens is 2. The van der Waals surface area contributed by atoms with Crippen molar-refractivity contribution in [1.82, 2.24) is 9.61 Å². The number of fused-ring (bicyclic) bond motifs is 1. The van der Waals surface area contributed by atoms with Crippen LogP contribution in [-0.2, 0) is 0 Å². The van der Waals surface area contributed by atoms with E-state index in [-0.39, 0.29) is 18.5 Å². The molecule has 5 nitrogen and oxygen atoms in total. The average Bonchev–Trinajstić information content (AvgIpc) is 2.91. The standard InChI is InChI=1S/C12H12F2N4O/c13-12(14)2-4-17(7-12)8-1-3-18-10(5-8)9(6-16-18)11(15)19/h1,3,5-6H,2,4,7H2,(H2,15,19). The predicted molar refractivity (Wildman–Crippen MR) is 65.5 cm³/mol. The summed E-state index contributed by atoms with van der Waals surface area (Å²) in [4.78, 5) is 12.8. The van der Waals surface area contributed by atoms with Crippen LogP contribution in [0.2, 0.25) is 0 Å². The maximum absolute atomic E-state index is 13.2. The number of halogens is 2. The van der Waals surface area contributed by atoms with Crippen molar-refractivity contribution in [2.75, 3.05) is 18.0 Å². The van der Waals surface area contributed by atoms with Gasteiger partial charge in [0.05, 0.1) is 23.8 Å². The van der Waals surface area contributed by atoms with Crippen molar-refractivity contribution in [3.63, 3.8) is 0 Å². The lowest BCUT2D eigenvalue weighted by Crippen LogP contribution is -2.24. The number of nitrogens with two attached hydrogens (primary N) is 1. The average molecular weight is 266 g/mol. The van der Waals surface area contributed by atoms with Crippen molar-refractivity contribution >= 4 is 17.1 Å². The minimum Gasteiger partial charge on any atom is -0.365 e. The second-order valence-electron chi connectivity index (χ2n) is 4.66. The first-order valence-corrected chi connectivity index (χ1v) is 5.86. The van der Waals surface area contributed by atoms with Crippen molar-refractivity contribution in [2.45, 2.75) is 12.3 Å². The molecule has 0 spiro atoms. The van der Waals surface area contributed by atoms with E-state index in [4.69, 9.17) is 5.73 Å². The van der Waals surface area contributed by atoms with Crippen molar-refractivity contribution in [3.8, 4) is 0 Å². The Morgan fingerprint density at radius 1 is 1.47 bits per heavy atom. The molecule has 19 heavy (non-hydrogen) atoms. The maximum Gasteiger partial charge on any atom is 0.266 e. The van der Waals surface area contributed by atoms with E-state index in [1.165, 1.54) is 10.7 Å². The molecule has 0 aromatic carbocycles. The molecular weight excluding hydrogens is 254 g/mol. The van der Waals surface area contributed by atoms with Crippen LogP contribution in [0.1, 0.15) is 16.8 Å². The van der Waals surface area contributed by atoms with Crippen LogP contribution >= 0.6 is 0 Å². The fraction of sp³-hybridized carbons (Fsp3) is 0.333. The van der Waals surface area contributed by atoms with Crippen LogP contribution in [0.3, 0.4) is 0 Å². The van der Waals surface area contributed by atoms with Gasteiger partial charge in [0.2, 0.25) is 0 Å². The molecule has 1 saturated heterocycles. The van der Waals surface area contributed by atoms with Gasteiger partial charge in [-0.3, -0.25) is 4.79 Å². The summed E-state index contributed by atoms with van der Waals surface area (Å²) >= 11 is 0. The summed E-state index contributed by atoms with van der Waals surface area (Å²) in [7, 11) is 0. The van der Waals surface area contributed by atoms with Gasteiger partial charge in [0.15, 0.2) is 0 Å². The zero-order valence-corrected chi connectivity index (χ0v) is 10.0. The van der Waals surface area contributed by atoms with E-state index in [9.17, 15) is 13.6 Å². The quantitative estimate of drug-likeness (QED) is 0.890. The highest BCUT2D eigenvalue weighted by Crippen LogP contribution is 2.31. The Bertz CT molecular complexity index is 652. The first-order chi connectivity index (χ1) is 8.96. The van der Waals surface area contributed by atoms with Gasteiger partial charge in [0.1, 0.15) is 0 Å². The zero-order valence-electron chi connectivity index (χ0n) is 10.0. The number of carbonyl (C=O) groups is 1. The molecule has 1 aliphatic rings.